The zero-order chi connectivity index (χ0) is 25.1. The van der Waals surface area contributed by atoms with Gasteiger partial charge >= 0.3 is 6.09 Å². The molecule has 1 saturated heterocycles. The van der Waals surface area contributed by atoms with Gasteiger partial charge in [-0.1, -0.05) is 6.92 Å². The number of aromatic nitrogens is 2. The number of nitrogens with one attached hydrogen (secondary N) is 2. The maximum atomic E-state index is 15.1. The van der Waals surface area contributed by atoms with Crippen LogP contribution in [0.1, 0.15) is 25.3 Å². The number of nitrogens with two attached hydrogens (primary N) is 1. The molecule has 5 N–H and O–H groups in total. The molecule has 1 aromatic carbocycles. The Labute approximate surface area is 201 Å². The van der Waals surface area contributed by atoms with Crippen LogP contribution in [-0.2, 0) is 11.2 Å². The summed E-state index contributed by atoms with van der Waals surface area (Å²) in [6.07, 6.45) is 4.14. The Morgan fingerprint density at radius 1 is 1.31 bits per heavy atom. The Kier molecular flexibility index (Phi) is 6.85. The van der Waals surface area contributed by atoms with Gasteiger partial charge in [0.1, 0.15) is 18.1 Å². The number of benzene rings is 1. The average Bonchev–Trinajstić information content (AvgIpc) is 3.22. The number of amides is 2. The van der Waals surface area contributed by atoms with E-state index < -0.39 is 11.9 Å². The van der Waals surface area contributed by atoms with E-state index >= 15 is 4.39 Å². The van der Waals surface area contributed by atoms with E-state index in [2.05, 4.69) is 20.6 Å². The van der Waals surface area contributed by atoms with Crippen LogP contribution in [0.3, 0.4) is 0 Å². The fraction of sp³-hybridized carbons (Fsp3) is 0.333. The van der Waals surface area contributed by atoms with Gasteiger partial charge in [0.25, 0.3) is 0 Å². The number of carboxylic acid groups (broad SMARTS) is 1. The molecule has 2 aromatic heterocycles. The van der Waals surface area contributed by atoms with Crippen LogP contribution in [0, 0.1) is 5.82 Å². The first-order valence-electron chi connectivity index (χ1n) is 11.3. The van der Waals surface area contributed by atoms with Crippen LogP contribution in [0.15, 0.2) is 24.5 Å². The Bertz CT molecular complexity index is 1300. The maximum Gasteiger partial charge on any atom is 0.410 e. The van der Waals surface area contributed by atoms with Gasteiger partial charge in [-0.25, -0.2) is 19.2 Å². The van der Waals surface area contributed by atoms with Gasteiger partial charge in [-0.2, -0.15) is 0 Å². The highest BCUT2D eigenvalue weighted by atomic mass is 19.1. The van der Waals surface area contributed by atoms with Gasteiger partial charge in [0.05, 0.1) is 5.69 Å². The molecule has 0 radical (unpaired) electrons. The van der Waals surface area contributed by atoms with Gasteiger partial charge < -0.3 is 25.8 Å². The summed E-state index contributed by atoms with van der Waals surface area (Å²) < 4.78 is 20.7. The fourth-order valence-corrected chi connectivity index (χ4v) is 4.20. The van der Waals surface area contributed by atoms with Crippen molar-refractivity contribution in [3.8, 4) is 17.0 Å². The zero-order valence-electron chi connectivity index (χ0n) is 19.5. The van der Waals surface area contributed by atoms with E-state index in [-0.39, 0.29) is 17.1 Å². The number of pyridine rings is 2. The quantitative estimate of drug-likeness (QED) is 0.414. The highest BCUT2D eigenvalue weighted by molar-refractivity contribution is 5.99. The summed E-state index contributed by atoms with van der Waals surface area (Å²) >= 11 is 0. The maximum absolute atomic E-state index is 15.1. The van der Waals surface area contributed by atoms with E-state index in [1.54, 1.807) is 17.2 Å². The molecule has 1 fully saturated rings. The molecule has 3 aromatic rings. The number of fused-ring (bicyclic) bond motifs is 2. The number of carbonyl (C=O) groups excluding carboxylic acids is 1. The highest BCUT2D eigenvalue weighted by Crippen LogP contribution is 2.40. The molecular formula is C24H27FN6O4. The Morgan fingerprint density at radius 2 is 2.11 bits per heavy atom. The van der Waals surface area contributed by atoms with Crippen molar-refractivity contribution in [2.24, 2.45) is 0 Å². The van der Waals surface area contributed by atoms with Crippen LogP contribution in [0.4, 0.5) is 26.4 Å². The van der Waals surface area contributed by atoms with Crippen molar-refractivity contribution in [2.75, 3.05) is 43.1 Å². The summed E-state index contributed by atoms with van der Waals surface area (Å²) in [7, 11) is 1.84. The molecule has 0 saturated carbocycles. The molecule has 11 heteroatoms. The van der Waals surface area contributed by atoms with Crippen molar-refractivity contribution >= 4 is 40.0 Å². The van der Waals surface area contributed by atoms with Crippen LogP contribution in [-0.4, -0.2) is 58.7 Å². The van der Waals surface area contributed by atoms with Crippen molar-refractivity contribution < 1.29 is 23.8 Å². The second kappa shape index (κ2) is 10.00. The van der Waals surface area contributed by atoms with Gasteiger partial charge in [-0.15, -0.1) is 0 Å². The summed E-state index contributed by atoms with van der Waals surface area (Å²) in [6.45, 7) is 4.09. The number of anilines is 3. The largest absolute Gasteiger partial charge is 0.474 e. The molecule has 2 amide bonds. The van der Waals surface area contributed by atoms with Crippen LogP contribution in [0.5, 0.6) is 5.88 Å². The van der Waals surface area contributed by atoms with Crippen molar-refractivity contribution in [1.82, 2.24) is 14.9 Å². The predicted molar refractivity (Wildman–Crippen MR) is 131 cm³/mol. The van der Waals surface area contributed by atoms with E-state index in [4.69, 9.17) is 15.6 Å². The van der Waals surface area contributed by atoms with E-state index in [1.807, 2.05) is 14.0 Å². The molecule has 35 heavy (non-hydrogen) atoms. The predicted octanol–water partition coefficient (Wildman–Crippen LogP) is 3.71. The summed E-state index contributed by atoms with van der Waals surface area (Å²) in [5, 5.41) is 15.3. The minimum atomic E-state index is -1.24. The molecule has 184 valence electrons. The smallest absolute Gasteiger partial charge is 0.410 e. The first-order chi connectivity index (χ1) is 16.8. The first kappa shape index (κ1) is 24.0. The molecule has 0 atom stereocenters. The summed E-state index contributed by atoms with van der Waals surface area (Å²) in [5.74, 6) is 0.353. The van der Waals surface area contributed by atoms with Gasteiger partial charge in [-0.05, 0) is 35.9 Å². The number of carbonyl (C=O) groups is 2. The van der Waals surface area contributed by atoms with Crippen LogP contribution < -0.4 is 21.1 Å². The molecular weight excluding hydrogens is 455 g/mol. The topological polar surface area (TPSA) is 143 Å². The summed E-state index contributed by atoms with van der Waals surface area (Å²) in [5.41, 5.74) is 8.50. The van der Waals surface area contributed by atoms with E-state index in [0.29, 0.717) is 47.7 Å². The number of likely N-dealkylation sites (tertiary alicyclic amines) is 1. The molecule has 2 aliphatic heterocycles. The summed E-state index contributed by atoms with van der Waals surface area (Å²) in [4.78, 5) is 31.4. The lowest BCUT2D eigenvalue weighted by atomic mass is 9.95. The number of nitrogen functional groups attached to an aromatic ring is 1. The second-order valence-electron chi connectivity index (χ2n) is 8.25. The third kappa shape index (κ3) is 4.88. The normalized spacial score (nSPS) is 14.5. The lowest BCUT2D eigenvalue weighted by Crippen LogP contribution is -2.20. The zero-order valence-corrected chi connectivity index (χ0v) is 19.5. The molecule has 10 nitrogen and oxygen atoms in total. The van der Waals surface area contributed by atoms with Gasteiger partial charge in [0, 0.05) is 55.5 Å². The minimum Gasteiger partial charge on any atom is -0.474 e. The minimum absolute atomic E-state index is 0.0501. The Balaban J connectivity index is 0.000000356. The third-order valence-corrected chi connectivity index (χ3v) is 5.98. The van der Waals surface area contributed by atoms with E-state index in [1.165, 1.54) is 12.3 Å². The molecule has 2 aliphatic rings. The third-order valence-electron chi connectivity index (χ3n) is 5.98. The van der Waals surface area contributed by atoms with Crippen molar-refractivity contribution in [2.45, 2.75) is 26.2 Å². The molecule has 0 unspecified atom stereocenters. The lowest BCUT2D eigenvalue weighted by molar-refractivity contribution is -0.126. The molecule has 0 aliphatic carbocycles. The van der Waals surface area contributed by atoms with Gasteiger partial charge in [-0.3, -0.25) is 10.1 Å². The highest BCUT2D eigenvalue weighted by Gasteiger charge is 2.22. The van der Waals surface area contributed by atoms with Crippen molar-refractivity contribution in [3.05, 3.63) is 35.9 Å². The van der Waals surface area contributed by atoms with Crippen molar-refractivity contribution in [1.29, 1.82) is 0 Å². The number of hydrogen-bond acceptors (Lipinski definition) is 7. The molecule has 4 heterocycles. The van der Waals surface area contributed by atoms with E-state index in [0.717, 1.165) is 30.6 Å². The van der Waals surface area contributed by atoms with Gasteiger partial charge in [0.15, 0.2) is 5.82 Å². The van der Waals surface area contributed by atoms with Crippen LogP contribution in [0.2, 0.25) is 0 Å². The van der Waals surface area contributed by atoms with E-state index in [9.17, 15) is 9.59 Å². The lowest BCUT2D eigenvalue weighted by Gasteiger charge is -2.23. The Morgan fingerprint density at radius 3 is 2.74 bits per heavy atom. The summed E-state index contributed by atoms with van der Waals surface area (Å²) in [6, 6.07) is 3.14. The monoisotopic (exact) mass is 482 g/mol. The number of rotatable bonds is 3. The number of nitrogens with zero attached hydrogens (tertiary/aromatic N) is 3. The second-order valence-corrected chi connectivity index (χ2v) is 8.25. The molecule has 0 spiro atoms. The number of ether oxygens (including phenoxy) is 1. The van der Waals surface area contributed by atoms with Crippen LogP contribution in [0.25, 0.3) is 21.9 Å². The van der Waals surface area contributed by atoms with Gasteiger partial charge in [0.2, 0.25) is 11.8 Å². The average molecular weight is 483 g/mol. The standard InChI is InChI=1S/C19H18FN5O3.C5H9NO/c1-2-10-13(8-24-18-17(10)22-3-4-28-18)11-5-9-6-14(25-19(26)27)23-7-12(9)16(21)15(11)20;1-6-4-2-3-5(6)7/h5-8,22H,2-4,21H2,1H3,(H,23,25)(H,26,27);2-4H2,1H3. The molecule has 0 bridgehead atoms. The number of hydrogen-bond donors (Lipinski definition) is 4. The Hall–Kier alpha value is -4.15. The first-order valence-corrected chi connectivity index (χ1v) is 11.3. The number of halogens is 1. The SMILES string of the molecule is CCc1c(-c2cc3cc(NC(=O)O)ncc3c(N)c2F)cnc2c1NCCO2.CN1CCCC1=O. The van der Waals surface area contributed by atoms with Crippen molar-refractivity contribution in [3.63, 3.8) is 0 Å². The molecule has 5 rings (SSSR count). The van der Waals surface area contributed by atoms with Crippen LogP contribution >= 0.6 is 0 Å². The fourth-order valence-electron chi connectivity index (χ4n) is 4.20.